The van der Waals surface area contributed by atoms with Crippen LogP contribution in [0.25, 0.3) is 0 Å². The van der Waals surface area contributed by atoms with Gasteiger partial charge < -0.3 is 14.5 Å². The second-order valence-electron chi connectivity index (χ2n) is 8.69. The van der Waals surface area contributed by atoms with Gasteiger partial charge >= 0.3 is 5.97 Å². The fraction of sp³-hybridized carbons (Fsp3) is 0.280. The number of esters is 1. The van der Waals surface area contributed by atoms with Gasteiger partial charge in [0.05, 0.1) is 13.2 Å². The largest absolute Gasteiger partial charge is 0.465 e. The van der Waals surface area contributed by atoms with E-state index in [1.807, 2.05) is 24.4 Å². The smallest absolute Gasteiger partial charge is 0.342 e. The normalized spacial score (nSPS) is 12.8. The van der Waals surface area contributed by atoms with Gasteiger partial charge in [0, 0.05) is 9.85 Å². The average Bonchev–Trinajstić information content (AvgIpc) is 3.16. The molecule has 3 rings (SSSR count). The second kappa shape index (κ2) is 10.6. The summed E-state index contributed by atoms with van der Waals surface area (Å²) in [6.07, 6.45) is -0.391. The molecule has 0 amide bonds. The third-order valence-corrected chi connectivity index (χ3v) is 12.9. The van der Waals surface area contributed by atoms with E-state index in [4.69, 9.17) is 21.4 Å². The monoisotopic (exact) mass is 561 g/mol. The van der Waals surface area contributed by atoms with Crippen LogP contribution < -0.4 is 15.7 Å². The van der Waals surface area contributed by atoms with Gasteiger partial charge in [0.25, 0.3) is 8.32 Å². The summed E-state index contributed by atoms with van der Waals surface area (Å²) in [6, 6.07) is 20.9. The molecule has 0 aliphatic heterocycles. The minimum atomic E-state index is -2.75. The van der Waals surface area contributed by atoms with Crippen LogP contribution in [0.3, 0.4) is 0 Å². The molecule has 1 unspecified atom stereocenters. The first kappa shape index (κ1) is 25.8. The summed E-state index contributed by atoms with van der Waals surface area (Å²) in [6.45, 7) is 8.66. The maximum Gasteiger partial charge on any atom is 0.342 e. The predicted octanol–water partition coefficient (Wildman–Crippen LogP) is 6.00. The van der Waals surface area contributed by atoms with E-state index >= 15 is 0 Å². The van der Waals surface area contributed by atoms with Crippen molar-refractivity contribution >= 4 is 74.1 Å². The molecule has 8 heteroatoms. The summed E-state index contributed by atoms with van der Waals surface area (Å²) in [7, 11) is -1.39. The molecule has 1 heterocycles. The summed E-state index contributed by atoms with van der Waals surface area (Å²) < 4.78 is 12.7. The number of thiocarbonyl (C=S) groups is 1. The number of methoxy groups -OCH3 is 1. The molecule has 0 saturated carbocycles. The van der Waals surface area contributed by atoms with Gasteiger partial charge in [-0.3, -0.25) is 0 Å². The molecule has 0 aliphatic carbocycles. The quantitative estimate of drug-likeness (QED) is 0.218. The Morgan fingerprint density at radius 2 is 1.58 bits per heavy atom. The molecule has 0 aliphatic rings. The van der Waals surface area contributed by atoms with Gasteiger partial charge in [-0.05, 0) is 38.3 Å². The molecular weight excluding hydrogens is 534 g/mol. The zero-order valence-electron chi connectivity index (χ0n) is 19.3. The highest BCUT2D eigenvalue weighted by Gasteiger charge is 2.51. The van der Waals surface area contributed by atoms with Crippen molar-refractivity contribution in [2.45, 2.75) is 38.8 Å². The Balaban J connectivity index is 2.01. The van der Waals surface area contributed by atoms with E-state index in [0.29, 0.717) is 20.0 Å². The molecule has 1 N–H and O–H groups in total. The topological polar surface area (TPSA) is 47.6 Å². The molecule has 2 aromatic carbocycles. The number of halogens is 1. The number of anilines is 1. The maximum absolute atomic E-state index is 12.2. The summed E-state index contributed by atoms with van der Waals surface area (Å²) in [5.41, 5.74) is 0.433. The molecule has 1 atom stereocenters. The molecule has 4 nitrogen and oxygen atoms in total. The maximum atomic E-state index is 12.2. The van der Waals surface area contributed by atoms with Crippen LogP contribution >= 0.6 is 39.5 Å². The summed E-state index contributed by atoms with van der Waals surface area (Å²) >= 11 is 10.6. The molecular formula is C25H28BrNO3S2Si. The number of carbonyl (C=O) groups is 1. The van der Waals surface area contributed by atoms with Crippen molar-refractivity contribution in [2.24, 2.45) is 0 Å². The number of benzene rings is 2. The first-order chi connectivity index (χ1) is 15.6. The molecule has 0 saturated heterocycles. The highest BCUT2D eigenvalue weighted by Crippen LogP contribution is 2.38. The number of rotatable bonds is 7. The number of hydrogen-bond acceptors (Lipinski definition) is 5. The van der Waals surface area contributed by atoms with Gasteiger partial charge in [-0.25, -0.2) is 4.79 Å². The van der Waals surface area contributed by atoms with Gasteiger partial charge in [0.15, 0.2) is 0 Å². The van der Waals surface area contributed by atoms with Gasteiger partial charge in [0.1, 0.15) is 15.6 Å². The number of carbonyl (C=O) groups excluding carboxylic acids is 1. The van der Waals surface area contributed by atoms with Crippen LogP contribution in [-0.2, 0) is 9.16 Å². The zero-order valence-corrected chi connectivity index (χ0v) is 23.6. The van der Waals surface area contributed by atoms with Gasteiger partial charge in [-0.1, -0.05) is 93.7 Å². The molecule has 3 aromatic rings. The van der Waals surface area contributed by atoms with E-state index in [0.717, 1.165) is 0 Å². The number of hydrogen-bond donors (Lipinski definition) is 1. The van der Waals surface area contributed by atoms with Crippen LogP contribution in [0.4, 0.5) is 5.00 Å². The van der Waals surface area contributed by atoms with E-state index in [9.17, 15) is 4.79 Å². The Bertz CT molecular complexity index is 1070. The van der Waals surface area contributed by atoms with Crippen LogP contribution in [0, 0.1) is 0 Å². The Kier molecular flexibility index (Phi) is 8.29. The fourth-order valence-electron chi connectivity index (χ4n) is 3.94. The number of ether oxygens (including phenoxy) is 1. The summed E-state index contributed by atoms with van der Waals surface area (Å²) in [4.78, 5) is 12.8. The lowest BCUT2D eigenvalue weighted by Crippen LogP contribution is -2.68. The Morgan fingerprint density at radius 1 is 1.06 bits per heavy atom. The Labute approximate surface area is 214 Å². The van der Waals surface area contributed by atoms with E-state index in [2.05, 4.69) is 90.5 Å². The van der Waals surface area contributed by atoms with Gasteiger partial charge in [-0.2, -0.15) is 0 Å². The SMILES string of the molecule is COC(=O)c1c(Br)csc1NC(=S)C(C)O[Si](c1ccccc1)(c1ccccc1)C(C)(C)C. The second-order valence-corrected chi connectivity index (χ2v) is 15.1. The van der Waals surface area contributed by atoms with Crippen molar-refractivity contribution in [1.29, 1.82) is 0 Å². The third kappa shape index (κ3) is 5.30. The first-order valence-electron chi connectivity index (χ1n) is 10.6. The molecule has 0 bridgehead atoms. The van der Waals surface area contributed by atoms with Gasteiger partial charge in [-0.15, -0.1) is 11.3 Å². The van der Waals surface area contributed by atoms with Crippen LogP contribution in [0.2, 0.25) is 5.04 Å². The molecule has 174 valence electrons. The zero-order chi connectivity index (χ0) is 24.2. The van der Waals surface area contributed by atoms with E-state index in [1.165, 1.54) is 28.8 Å². The molecule has 0 radical (unpaired) electrons. The van der Waals surface area contributed by atoms with Gasteiger partial charge in [0.2, 0.25) is 0 Å². The van der Waals surface area contributed by atoms with Crippen LogP contribution in [0.1, 0.15) is 38.1 Å². The lowest BCUT2D eigenvalue weighted by Gasteiger charge is -2.44. The predicted molar refractivity (Wildman–Crippen MR) is 148 cm³/mol. The van der Waals surface area contributed by atoms with Crippen molar-refractivity contribution in [3.8, 4) is 0 Å². The van der Waals surface area contributed by atoms with Crippen LogP contribution in [-0.4, -0.2) is 32.5 Å². The van der Waals surface area contributed by atoms with Crippen molar-refractivity contribution in [1.82, 2.24) is 0 Å². The van der Waals surface area contributed by atoms with Crippen molar-refractivity contribution in [3.05, 3.63) is 76.1 Å². The summed E-state index contributed by atoms with van der Waals surface area (Å²) in [5.74, 6) is -0.422. The minimum Gasteiger partial charge on any atom is -0.465 e. The molecule has 0 spiro atoms. The average molecular weight is 563 g/mol. The van der Waals surface area contributed by atoms with E-state index in [1.54, 1.807) is 0 Å². The highest BCUT2D eigenvalue weighted by molar-refractivity contribution is 9.10. The minimum absolute atomic E-state index is 0.164. The standard InChI is InChI=1S/C25H28BrNO3S2Si/c1-17(22(31)27-23-21(24(28)29-5)20(26)16-32-23)30-33(25(2,3)4,18-12-8-6-9-13-18)19-14-10-7-11-15-19/h6-17H,1-5H3,(H,27,31). The first-order valence-corrected chi connectivity index (χ1v) is 14.6. The number of nitrogens with one attached hydrogen (secondary N) is 1. The molecule has 33 heavy (non-hydrogen) atoms. The molecule has 0 fully saturated rings. The number of thiophene rings is 1. The highest BCUT2D eigenvalue weighted by atomic mass is 79.9. The fourth-order valence-corrected chi connectivity index (χ4v) is 10.5. The van der Waals surface area contributed by atoms with Crippen molar-refractivity contribution in [3.63, 3.8) is 0 Å². The lowest BCUT2D eigenvalue weighted by molar-refractivity contribution is 0.0601. The Hall–Kier alpha value is -1.84. The lowest BCUT2D eigenvalue weighted by atomic mass is 10.2. The van der Waals surface area contributed by atoms with E-state index < -0.39 is 20.4 Å². The van der Waals surface area contributed by atoms with E-state index in [-0.39, 0.29) is 5.04 Å². The van der Waals surface area contributed by atoms with Crippen LogP contribution in [0.5, 0.6) is 0 Å². The van der Waals surface area contributed by atoms with Crippen molar-refractivity contribution < 1.29 is 14.0 Å². The Morgan fingerprint density at radius 3 is 2.03 bits per heavy atom. The van der Waals surface area contributed by atoms with Crippen LogP contribution in [0.15, 0.2) is 70.5 Å². The molecule has 1 aromatic heterocycles. The summed E-state index contributed by atoms with van der Waals surface area (Å²) in [5, 5.41) is 7.92. The van der Waals surface area contributed by atoms with Crippen molar-refractivity contribution in [2.75, 3.05) is 12.4 Å². The third-order valence-electron chi connectivity index (χ3n) is 5.51.